The Kier molecular flexibility index (Phi) is 3.66. The lowest BCUT2D eigenvalue weighted by molar-refractivity contribution is 0.0857. The van der Waals surface area contributed by atoms with Crippen molar-refractivity contribution in [2.75, 3.05) is 6.61 Å². The van der Waals surface area contributed by atoms with E-state index in [1.54, 1.807) is 12.3 Å². The van der Waals surface area contributed by atoms with Crippen molar-refractivity contribution in [2.45, 2.75) is 6.42 Å². The molecule has 1 atom stereocenters. The number of ketones is 1. The van der Waals surface area contributed by atoms with Crippen LogP contribution in [-0.4, -0.2) is 17.4 Å². The van der Waals surface area contributed by atoms with E-state index in [-0.39, 0.29) is 11.7 Å². The van der Waals surface area contributed by atoms with E-state index >= 15 is 0 Å². The number of fused-ring (bicyclic) bond motifs is 2. The summed E-state index contributed by atoms with van der Waals surface area (Å²) < 4.78 is 6.73. The monoisotopic (exact) mass is 389 g/mol. The second kappa shape index (κ2) is 5.69. The maximum Gasteiger partial charge on any atom is 0.171 e. The number of halogens is 2. The molecule has 1 aromatic heterocycles. The van der Waals surface area contributed by atoms with Crippen molar-refractivity contribution in [3.63, 3.8) is 0 Å². The maximum atomic E-state index is 12.9. The summed E-state index contributed by atoms with van der Waals surface area (Å²) in [6.07, 6.45) is 2.44. The van der Waals surface area contributed by atoms with Gasteiger partial charge < -0.3 is 9.72 Å². The molecule has 4 rings (SSSR count). The standard InChI is InChI=1S/C18H13BrClNO2/c19-12-1-3-14-15(8-21-16(14)7-12)18(22)11-5-10-6-13(20)2-4-17(10)23-9-11/h1-4,6-8,11,21H,5,9H2/t11-/m0/s1. The van der Waals surface area contributed by atoms with Crippen LogP contribution in [-0.2, 0) is 6.42 Å². The number of rotatable bonds is 2. The van der Waals surface area contributed by atoms with Gasteiger partial charge in [0.05, 0.1) is 12.5 Å². The van der Waals surface area contributed by atoms with Gasteiger partial charge in [0.2, 0.25) is 0 Å². The van der Waals surface area contributed by atoms with Crippen LogP contribution in [0, 0.1) is 5.92 Å². The van der Waals surface area contributed by atoms with Gasteiger partial charge >= 0.3 is 0 Å². The van der Waals surface area contributed by atoms with Crippen LogP contribution in [0.1, 0.15) is 15.9 Å². The molecule has 5 heteroatoms. The molecule has 2 aromatic carbocycles. The number of carbonyl (C=O) groups is 1. The number of benzene rings is 2. The Balaban J connectivity index is 1.66. The van der Waals surface area contributed by atoms with Gasteiger partial charge in [0, 0.05) is 32.2 Å². The van der Waals surface area contributed by atoms with E-state index in [0.29, 0.717) is 23.6 Å². The predicted molar refractivity (Wildman–Crippen MR) is 94.5 cm³/mol. The molecule has 0 radical (unpaired) electrons. The first-order chi connectivity index (χ1) is 11.1. The van der Waals surface area contributed by atoms with Crippen LogP contribution < -0.4 is 4.74 Å². The van der Waals surface area contributed by atoms with Crippen LogP contribution >= 0.6 is 27.5 Å². The summed E-state index contributed by atoms with van der Waals surface area (Å²) in [4.78, 5) is 16.1. The van der Waals surface area contributed by atoms with Crippen LogP contribution in [0.15, 0.2) is 47.1 Å². The SMILES string of the molecule is O=C(c1c[nH]c2cc(Br)ccc12)[C@@H]1COc2ccc(Cl)cc2C1. The number of hydrogen-bond donors (Lipinski definition) is 1. The lowest BCUT2D eigenvalue weighted by Gasteiger charge is -2.24. The van der Waals surface area contributed by atoms with Gasteiger partial charge in [-0.2, -0.15) is 0 Å². The molecule has 1 aliphatic rings. The van der Waals surface area contributed by atoms with Crippen molar-refractivity contribution >= 4 is 44.2 Å². The van der Waals surface area contributed by atoms with Crippen LogP contribution in [0.3, 0.4) is 0 Å². The molecule has 3 nitrogen and oxygen atoms in total. The fourth-order valence-corrected chi connectivity index (χ4v) is 3.61. The van der Waals surface area contributed by atoms with Gasteiger partial charge in [-0.15, -0.1) is 0 Å². The fraction of sp³-hybridized carbons (Fsp3) is 0.167. The number of nitrogens with one attached hydrogen (secondary N) is 1. The molecule has 0 saturated heterocycles. The molecule has 0 unspecified atom stereocenters. The molecule has 1 N–H and O–H groups in total. The zero-order valence-corrected chi connectivity index (χ0v) is 14.4. The normalized spacial score (nSPS) is 16.9. The molecule has 116 valence electrons. The number of hydrogen-bond acceptors (Lipinski definition) is 2. The molecule has 0 spiro atoms. The van der Waals surface area contributed by atoms with Crippen molar-refractivity contribution in [3.8, 4) is 5.75 Å². The highest BCUT2D eigenvalue weighted by Gasteiger charge is 2.28. The van der Waals surface area contributed by atoms with E-state index in [4.69, 9.17) is 16.3 Å². The molecule has 0 bridgehead atoms. The van der Waals surface area contributed by atoms with Crippen molar-refractivity contribution in [2.24, 2.45) is 5.92 Å². The molecule has 0 saturated carbocycles. The summed E-state index contributed by atoms with van der Waals surface area (Å²) in [7, 11) is 0. The molecule has 23 heavy (non-hydrogen) atoms. The van der Waals surface area contributed by atoms with Gasteiger partial charge in [-0.25, -0.2) is 0 Å². The second-order valence-electron chi connectivity index (χ2n) is 5.72. The van der Waals surface area contributed by atoms with Crippen molar-refractivity contribution in [3.05, 3.63) is 63.2 Å². The van der Waals surface area contributed by atoms with E-state index < -0.39 is 0 Å². The average Bonchev–Trinajstić information content (AvgIpc) is 2.96. The highest BCUT2D eigenvalue weighted by atomic mass is 79.9. The third kappa shape index (κ3) is 2.66. The summed E-state index contributed by atoms with van der Waals surface area (Å²) in [5, 5.41) is 1.60. The van der Waals surface area contributed by atoms with Gasteiger partial charge in [-0.05, 0) is 42.3 Å². The van der Waals surface area contributed by atoms with Crippen molar-refractivity contribution in [1.82, 2.24) is 4.98 Å². The van der Waals surface area contributed by atoms with Gasteiger partial charge in [-0.1, -0.05) is 33.6 Å². The van der Waals surface area contributed by atoms with E-state index in [0.717, 1.165) is 26.7 Å². The van der Waals surface area contributed by atoms with E-state index in [9.17, 15) is 4.79 Å². The molecule has 3 aromatic rings. The number of aromatic nitrogens is 1. The molecular weight excluding hydrogens is 378 g/mol. The van der Waals surface area contributed by atoms with Crippen LogP contribution in [0.5, 0.6) is 5.75 Å². The van der Waals surface area contributed by atoms with E-state index in [2.05, 4.69) is 20.9 Å². The number of Topliss-reactive ketones (excluding diaryl/α,β-unsaturated/α-hetero) is 1. The van der Waals surface area contributed by atoms with Gasteiger partial charge in [-0.3, -0.25) is 4.79 Å². The Morgan fingerprint density at radius 2 is 2.13 bits per heavy atom. The minimum absolute atomic E-state index is 0.101. The average molecular weight is 391 g/mol. The van der Waals surface area contributed by atoms with Gasteiger partial charge in [0.25, 0.3) is 0 Å². The number of aromatic amines is 1. The summed E-state index contributed by atoms with van der Waals surface area (Å²) in [5.74, 6) is 0.731. The number of H-pyrrole nitrogens is 1. The largest absolute Gasteiger partial charge is 0.493 e. The lowest BCUT2D eigenvalue weighted by Crippen LogP contribution is -2.28. The summed E-state index contributed by atoms with van der Waals surface area (Å²) in [5.41, 5.74) is 2.65. The highest BCUT2D eigenvalue weighted by Crippen LogP contribution is 2.32. The Morgan fingerprint density at radius 1 is 1.26 bits per heavy atom. The van der Waals surface area contributed by atoms with Gasteiger partial charge in [0.1, 0.15) is 5.75 Å². The Hall–Kier alpha value is -1.78. The first-order valence-electron chi connectivity index (χ1n) is 7.34. The number of carbonyl (C=O) groups excluding carboxylic acids is 1. The van der Waals surface area contributed by atoms with Crippen LogP contribution in [0.2, 0.25) is 5.02 Å². The first kappa shape index (κ1) is 14.8. The third-order valence-corrected chi connectivity index (χ3v) is 4.94. The fourth-order valence-electron chi connectivity index (χ4n) is 3.05. The maximum absolute atomic E-state index is 12.9. The van der Waals surface area contributed by atoms with Crippen molar-refractivity contribution in [1.29, 1.82) is 0 Å². The molecular formula is C18H13BrClNO2. The Bertz CT molecular complexity index is 919. The molecule has 0 amide bonds. The quantitative estimate of drug-likeness (QED) is 0.624. The minimum Gasteiger partial charge on any atom is -0.493 e. The topological polar surface area (TPSA) is 42.1 Å². The zero-order valence-electron chi connectivity index (χ0n) is 12.1. The molecule has 0 fully saturated rings. The summed E-state index contributed by atoms with van der Waals surface area (Å²) in [6, 6.07) is 11.4. The van der Waals surface area contributed by atoms with E-state index in [1.807, 2.05) is 30.3 Å². The Morgan fingerprint density at radius 3 is 3.00 bits per heavy atom. The van der Waals surface area contributed by atoms with Crippen LogP contribution in [0.4, 0.5) is 0 Å². The smallest absolute Gasteiger partial charge is 0.171 e. The minimum atomic E-state index is -0.191. The van der Waals surface area contributed by atoms with Gasteiger partial charge in [0.15, 0.2) is 5.78 Å². The first-order valence-corrected chi connectivity index (χ1v) is 8.51. The zero-order chi connectivity index (χ0) is 16.0. The van der Waals surface area contributed by atoms with Crippen molar-refractivity contribution < 1.29 is 9.53 Å². The number of ether oxygens (including phenoxy) is 1. The molecule has 0 aliphatic carbocycles. The van der Waals surface area contributed by atoms with Crippen LogP contribution in [0.25, 0.3) is 10.9 Å². The third-order valence-electron chi connectivity index (χ3n) is 4.21. The summed E-state index contributed by atoms with van der Waals surface area (Å²) >= 11 is 9.49. The molecule has 1 aliphatic heterocycles. The predicted octanol–water partition coefficient (Wildman–Crippen LogP) is 5.02. The summed E-state index contributed by atoms with van der Waals surface area (Å²) in [6.45, 7) is 0.399. The molecule has 2 heterocycles. The highest BCUT2D eigenvalue weighted by molar-refractivity contribution is 9.10. The van der Waals surface area contributed by atoms with E-state index in [1.165, 1.54) is 0 Å². The Labute approximate surface area is 146 Å². The second-order valence-corrected chi connectivity index (χ2v) is 7.07. The lowest BCUT2D eigenvalue weighted by atomic mass is 9.89.